The van der Waals surface area contributed by atoms with Gasteiger partial charge in [0.25, 0.3) is 0 Å². The maximum atomic E-state index is 13.0. The van der Waals surface area contributed by atoms with Crippen LogP contribution in [0.3, 0.4) is 0 Å². The maximum Gasteiger partial charge on any atom is 0.401 e. The zero-order valence-electron chi connectivity index (χ0n) is 13.3. The number of amides is 1. The average molecular weight is 384 g/mol. The van der Waals surface area contributed by atoms with Gasteiger partial charge in [0.15, 0.2) is 5.82 Å². The van der Waals surface area contributed by atoms with Gasteiger partial charge in [-0.05, 0) is 11.6 Å². The monoisotopic (exact) mass is 384 g/mol. The summed E-state index contributed by atoms with van der Waals surface area (Å²) in [7, 11) is 0. The first-order chi connectivity index (χ1) is 12.4. The summed E-state index contributed by atoms with van der Waals surface area (Å²) < 4.78 is 39.0. The summed E-state index contributed by atoms with van der Waals surface area (Å²) in [6.07, 6.45) is -2.75. The first-order valence-corrected chi connectivity index (χ1v) is 8.29. The molecule has 0 spiro atoms. The molecule has 3 aromatic rings. The van der Waals surface area contributed by atoms with Crippen molar-refractivity contribution in [1.82, 2.24) is 30.9 Å². The molecule has 1 amide bonds. The van der Waals surface area contributed by atoms with Crippen LogP contribution in [0, 0.1) is 5.92 Å². The summed E-state index contributed by atoms with van der Waals surface area (Å²) in [6, 6.07) is 6.60. The van der Waals surface area contributed by atoms with Crippen LogP contribution in [-0.2, 0) is 11.2 Å². The number of rotatable bonds is 6. The smallest absolute Gasteiger partial charge is 0.361 e. The Labute approximate surface area is 151 Å². The number of benzene rings is 1. The number of aromatic nitrogens is 5. The predicted molar refractivity (Wildman–Crippen MR) is 90.5 cm³/mol. The van der Waals surface area contributed by atoms with E-state index in [1.54, 1.807) is 6.20 Å². The molecule has 1 aromatic carbocycles. The second-order valence-electron chi connectivity index (χ2n) is 5.67. The van der Waals surface area contributed by atoms with Crippen LogP contribution >= 0.6 is 12.6 Å². The first kappa shape index (κ1) is 18.2. The molecule has 0 fully saturated rings. The van der Waals surface area contributed by atoms with Crippen LogP contribution < -0.4 is 5.32 Å². The van der Waals surface area contributed by atoms with E-state index in [2.05, 4.69) is 43.6 Å². The number of thiol groups is 1. The van der Waals surface area contributed by atoms with Crippen molar-refractivity contribution in [3.05, 3.63) is 41.9 Å². The van der Waals surface area contributed by atoms with Gasteiger partial charge in [0.1, 0.15) is 5.92 Å². The fourth-order valence-corrected chi connectivity index (χ4v) is 3.02. The first-order valence-electron chi connectivity index (χ1n) is 7.66. The third kappa shape index (κ3) is 3.82. The summed E-state index contributed by atoms with van der Waals surface area (Å²) in [4.78, 5) is 15.2. The maximum absolute atomic E-state index is 13.0. The number of H-pyrrole nitrogens is 2. The van der Waals surface area contributed by atoms with E-state index in [-0.39, 0.29) is 12.2 Å². The molecule has 138 valence electrons. The largest absolute Gasteiger partial charge is 0.401 e. The SMILES string of the molecule is O=C(NC(Cc1c[nH]c2ccccc12)c1nn[nH]n1)[C@@H](CS)C(F)(F)F. The number of nitrogens with one attached hydrogen (secondary N) is 3. The zero-order chi connectivity index (χ0) is 18.7. The van der Waals surface area contributed by atoms with Gasteiger partial charge >= 0.3 is 6.18 Å². The molecule has 0 aliphatic carbocycles. The second kappa shape index (κ2) is 7.36. The highest BCUT2D eigenvalue weighted by Crippen LogP contribution is 2.29. The number of carbonyl (C=O) groups excluding carboxylic acids is 1. The number of carbonyl (C=O) groups is 1. The Kier molecular flexibility index (Phi) is 5.16. The van der Waals surface area contributed by atoms with Crippen molar-refractivity contribution >= 4 is 29.4 Å². The molecule has 2 atom stereocenters. The van der Waals surface area contributed by atoms with Crippen molar-refractivity contribution in [3.8, 4) is 0 Å². The van der Waals surface area contributed by atoms with Crippen LogP contribution in [0.1, 0.15) is 17.4 Å². The minimum atomic E-state index is -4.69. The molecule has 11 heteroatoms. The predicted octanol–water partition coefficient (Wildman–Crippen LogP) is 2.19. The fourth-order valence-electron chi connectivity index (χ4n) is 2.65. The van der Waals surface area contributed by atoms with Gasteiger partial charge in [0.2, 0.25) is 5.91 Å². The molecular weight excluding hydrogens is 369 g/mol. The van der Waals surface area contributed by atoms with E-state index in [9.17, 15) is 18.0 Å². The van der Waals surface area contributed by atoms with E-state index in [0.29, 0.717) is 0 Å². The van der Waals surface area contributed by atoms with Gasteiger partial charge in [-0.15, -0.1) is 10.2 Å². The van der Waals surface area contributed by atoms with Gasteiger partial charge in [-0.3, -0.25) is 4.79 Å². The Balaban J connectivity index is 1.86. The summed E-state index contributed by atoms with van der Waals surface area (Å²) in [6.45, 7) is 0. The lowest BCUT2D eigenvalue weighted by atomic mass is 10.0. The van der Waals surface area contributed by atoms with E-state index in [1.165, 1.54) is 0 Å². The van der Waals surface area contributed by atoms with Gasteiger partial charge in [0, 0.05) is 29.3 Å². The number of hydrogen-bond donors (Lipinski definition) is 4. The van der Waals surface area contributed by atoms with Gasteiger partial charge in [-0.25, -0.2) is 0 Å². The lowest BCUT2D eigenvalue weighted by Crippen LogP contribution is -2.42. The molecule has 0 aliphatic rings. The van der Waals surface area contributed by atoms with Crippen LogP contribution in [-0.4, -0.2) is 43.4 Å². The highest BCUT2D eigenvalue weighted by molar-refractivity contribution is 7.80. The van der Waals surface area contributed by atoms with Crippen molar-refractivity contribution in [2.75, 3.05) is 5.75 Å². The fraction of sp³-hybridized carbons (Fsp3) is 0.333. The highest BCUT2D eigenvalue weighted by atomic mass is 32.1. The topological polar surface area (TPSA) is 99.4 Å². The highest BCUT2D eigenvalue weighted by Gasteiger charge is 2.44. The van der Waals surface area contributed by atoms with E-state index in [0.717, 1.165) is 16.5 Å². The molecule has 0 bridgehead atoms. The number of tetrazole rings is 1. The number of aromatic amines is 2. The summed E-state index contributed by atoms with van der Waals surface area (Å²) in [5.74, 6) is -3.95. The molecule has 2 aromatic heterocycles. The van der Waals surface area contributed by atoms with Gasteiger partial charge in [0.05, 0.1) is 6.04 Å². The van der Waals surface area contributed by atoms with Crippen LogP contribution in [0.5, 0.6) is 0 Å². The molecule has 0 radical (unpaired) electrons. The molecule has 0 saturated heterocycles. The number of nitrogens with zero attached hydrogens (tertiary/aromatic N) is 3. The zero-order valence-corrected chi connectivity index (χ0v) is 14.2. The van der Waals surface area contributed by atoms with Crippen LogP contribution in [0.15, 0.2) is 30.5 Å². The van der Waals surface area contributed by atoms with Crippen molar-refractivity contribution in [3.63, 3.8) is 0 Å². The minimum Gasteiger partial charge on any atom is -0.361 e. The third-order valence-corrected chi connectivity index (χ3v) is 4.35. The van der Waals surface area contributed by atoms with Crippen LogP contribution in [0.4, 0.5) is 13.2 Å². The summed E-state index contributed by atoms with van der Waals surface area (Å²) in [5.41, 5.74) is 1.69. The Hall–Kier alpha value is -2.56. The molecular formula is C15H15F3N6OS. The van der Waals surface area contributed by atoms with Crippen LogP contribution in [0.25, 0.3) is 10.9 Å². The number of halogens is 3. The number of hydrogen-bond acceptors (Lipinski definition) is 5. The molecule has 1 unspecified atom stereocenters. The Bertz CT molecular complexity index is 879. The summed E-state index contributed by atoms with van der Waals surface area (Å²) >= 11 is 3.65. The molecule has 3 rings (SSSR count). The molecule has 2 heterocycles. The normalized spacial score (nSPS) is 14.3. The molecule has 7 nitrogen and oxygen atoms in total. The summed E-state index contributed by atoms with van der Waals surface area (Å²) in [5, 5.41) is 16.6. The molecule has 0 saturated carbocycles. The number of alkyl halides is 3. The van der Waals surface area contributed by atoms with Gasteiger partial charge in [-0.2, -0.15) is 31.0 Å². The van der Waals surface area contributed by atoms with E-state index < -0.39 is 29.8 Å². The van der Waals surface area contributed by atoms with E-state index in [1.807, 2.05) is 24.3 Å². The number of para-hydroxylation sites is 1. The van der Waals surface area contributed by atoms with Crippen molar-refractivity contribution < 1.29 is 18.0 Å². The molecule has 26 heavy (non-hydrogen) atoms. The van der Waals surface area contributed by atoms with E-state index in [4.69, 9.17) is 0 Å². The minimum absolute atomic E-state index is 0.101. The molecule has 0 aliphatic heterocycles. The molecule has 3 N–H and O–H groups in total. The standard InChI is InChI=1S/C15H15F3N6OS/c16-15(17,18)10(7-26)14(25)20-12(13-21-23-24-22-13)5-8-6-19-11-4-2-1-3-9(8)11/h1-4,6,10,12,19,26H,5,7H2,(H,20,25)(H,21,22,23,24)/t10-,12?/m1/s1. The van der Waals surface area contributed by atoms with Crippen LogP contribution in [0.2, 0.25) is 0 Å². The quantitative estimate of drug-likeness (QED) is 0.490. The lowest BCUT2D eigenvalue weighted by Gasteiger charge is -2.21. The number of fused-ring (bicyclic) bond motifs is 1. The Morgan fingerprint density at radius 1 is 1.31 bits per heavy atom. The van der Waals surface area contributed by atoms with Crippen molar-refractivity contribution in [2.24, 2.45) is 5.92 Å². The van der Waals surface area contributed by atoms with Crippen molar-refractivity contribution in [1.29, 1.82) is 0 Å². The van der Waals surface area contributed by atoms with Gasteiger partial charge in [-0.1, -0.05) is 23.4 Å². The second-order valence-corrected chi connectivity index (χ2v) is 6.04. The van der Waals surface area contributed by atoms with Crippen molar-refractivity contribution in [2.45, 2.75) is 18.6 Å². The Morgan fingerprint density at radius 2 is 2.08 bits per heavy atom. The third-order valence-electron chi connectivity index (χ3n) is 3.98. The Morgan fingerprint density at radius 3 is 2.73 bits per heavy atom. The lowest BCUT2D eigenvalue weighted by molar-refractivity contribution is -0.178. The van der Waals surface area contributed by atoms with Gasteiger partial charge < -0.3 is 10.3 Å². The van der Waals surface area contributed by atoms with E-state index >= 15 is 0 Å². The average Bonchev–Trinajstić information content (AvgIpc) is 3.23.